The van der Waals surface area contributed by atoms with Crippen LogP contribution < -0.4 is 0 Å². The quantitative estimate of drug-likeness (QED) is 0.702. The summed E-state index contributed by atoms with van der Waals surface area (Å²) in [6.45, 7) is 1.22. The Bertz CT molecular complexity index is 896. The van der Waals surface area contributed by atoms with Crippen molar-refractivity contribution in [2.75, 3.05) is 19.0 Å². The largest absolute Gasteiger partial charge is 0.381 e. The molecule has 1 aromatic carbocycles. The lowest BCUT2D eigenvalue weighted by Gasteiger charge is -2.40. The van der Waals surface area contributed by atoms with E-state index in [-0.39, 0.29) is 23.9 Å². The molecule has 1 aromatic rings. The predicted octanol–water partition coefficient (Wildman–Crippen LogP) is 2.96. The van der Waals surface area contributed by atoms with Crippen LogP contribution in [0.15, 0.2) is 40.5 Å². The highest BCUT2D eigenvalue weighted by Gasteiger charge is 2.54. The van der Waals surface area contributed by atoms with Gasteiger partial charge in [0.15, 0.2) is 15.6 Å². The van der Waals surface area contributed by atoms with E-state index in [0.29, 0.717) is 38.2 Å². The Balaban J connectivity index is 1.42. The smallest absolute Gasteiger partial charge is 0.163 e. The van der Waals surface area contributed by atoms with Crippen molar-refractivity contribution in [3.63, 3.8) is 0 Å². The second-order valence-electron chi connectivity index (χ2n) is 8.04. The molecular formula is C21H26N2O4S. The topological polar surface area (TPSA) is 85.2 Å². The summed E-state index contributed by atoms with van der Waals surface area (Å²) in [5.74, 6) is -0.00435. The van der Waals surface area contributed by atoms with Gasteiger partial charge in [-0.3, -0.25) is 4.79 Å². The highest BCUT2D eigenvalue weighted by molar-refractivity contribution is 7.93. The predicted molar refractivity (Wildman–Crippen MR) is 109 cm³/mol. The summed E-state index contributed by atoms with van der Waals surface area (Å²) in [5, 5.41) is 8.39. The van der Waals surface area contributed by atoms with Crippen molar-refractivity contribution in [1.29, 1.82) is 0 Å². The molecule has 0 amide bonds. The molecule has 0 aromatic heterocycles. The molecule has 2 aliphatic heterocycles. The van der Waals surface area contributed by atoms with Crippen LogP contribution in [0.2, 0.25) is 0 Å². The Morgan fingerprint density at radius 3 is 2.46 bits per heavy atom. The van der Waals surface area contributed by atoms with E-state index in [1.807, 2.05) is 30.3 Å². The third-order valence-electron chi connectivity index (χ3n) is 6.22. The molecule has 0 radical (unpaired) electrons. The van der Waals surface area contributed by atoms with Crippen molar-refractivity contribution in [2.45, 2.75) is 49.7 Å². The molecule has 4 rings (SSSR count). The van der Waals surface area contributed by atoms with Gasteiger partial charge in [0, 0.05) is 26.1 Å². The number of ether oxygens (including phenoxy) is 1. The van der Waals surface area contributed by atoms with Gasteiger partial charge in [0.1, 0.15) is 4.75 Å². The van der Waals surface area contributed by atoms with Gasteiger partial charge in [-0.05, 0) is 43.6 Å². The Kier molecular flexibility index (Phi) is 5.47. The average molecular weight is 403 g/mol. The molecule has 28 heavy (non-hydrogen) atoms. The fourth-order valence-electron chi connectivity index (χ4n) is 4.27. The molecule has 0 unspecified atom stereocenters. The summed E-state index contributed by atoms with van der Waals surface area (Å²) >= 11 is 0. The minimum Gasteiger partial charge on any atom is -0.381 e. The van der Waals surface area contributed by atoms with Crippen LogP contribution in [0, 0.1) is 5.92 Å². The number of benzene rings is 1. The van der Waals surface area contributed by atoms with Crippen LogP contribution in [0.25, 0.3) is 0 Å². The molecule has 1 aliphatic carbocycles. The van der Waals surface area contributed by atoms with E-state index in [4.69, 9.17) is 4.74 Å². The number of hydrogen-bond acceptors (Lipinski definition) is 6. The molecule has 0 spiro atoms. The second-order valence-corrected chi connectivity index (χ2v) is 10.4. The standard InChI is InChI=1S/C21H26N2O4S/c24-20(14-18-13-19(23-22-18)17-5-2-1-3-6-17)21(9-4-10-21)28(25,26)15-16-7-11-27-12-8-16/h1-3,5-6,16H,4,7-15H2. The second kappa shape index (κ2) is 7.87. The number of nitrogens with zero attached hydrogens (tertiary/aromatic N) is 2. The third kappa shape index (κ3) is 3.70. The first-order valence-electron chi connectivity index (χ1n) is 10.0. The van der Waals surface area contributed by atoms with Crippen LogP contribution >= 0.6 is 0 Å². The number of rotatable bonds is 7. The van der Waals surface area contributed by atoms with E-state index in [9.17, 15) is 13.2 Å². The monoisotopic (exact) mass is 402 g/mol. The van der Waals surface area contributed by atoms with Crippen LogP contribution in [0.4, 0.5) is 0 Å². The number of Topliss-reactive ketones (excluding diaryl/α,β-unsaturated/α-hetero) is 1. The van der Waals surface area contributed by atoms with Crippen LogP contribution in [0.1, 0.15) is 50.5 Å². The fourth-order valence-corrected chi connectivity index (χ4v) is 6.88. The van der Waals surface area contributed by atoms with Crippen molar-refractivity contribution in [3.05, 3.63) is 35.9 Å². The van der Waals surface area contributed by atoms with Gasteiger partial charge >= 0.3 is 0 Å². The molecule has 1 saturated heterocycles. The van der Waals surface area contributed by atoms with Crippen molar-refractivity contribution in [1.82, 2.24) is 0 Å². The van der Waals surface area contributed by atoms with Crippen LogP contribution in [-0.2, 0) is 19.4 Å². The maximum absolute atomic E-state index is 13.2. The zero-order chi connectivity index (χ0) is 19.6. The molecule has 0 N–H and O–H groups in total. The van der Waals surface area contributed by atoms with E-state index < -0.39 is 14.6 Å². The third-order valence-corrected chi connectivity index (χ3v) is 8.95. The Morgan fingerprint density at radius 1 is 1.11 bits per heavy atom. The molecule has 1 saturated carbocycles. The maximum Gasteiger partial charge on any atom is 0.163 e. The van der Waals surface area contributed by atoms with Crippen molar-refractivity contribution < 1.29 is 17.9 Å². The molecule has 7 heteroatoms. The van der Waals surface area contributed by atoms with Gasteiger partial charge < -0.3 is 4.74 Å². The number of sulfone groups is 1. The SMILES string of the molecule is O=C(CC1=NN=C(c2ccccc2)C1)C1(S(=O)(=O)CC2CCOCC2)CCC1. The minimum absolute atomic E-state index is 0.0762. The zero-order valence-corrected chi connectivity index (χ0v) is 16.8. The first-order valence-corrected chi connectivity index (χ1v) is 11.7. The first kappa shape index (κ1) is 19.5. The minimum atomic E-state index is -3.49. The maximum atomic E-state index is 13.2. The van der Waals surface area contributed by atoms with Crippen molar-refractivity contribution in [3.8, 4) is 0 Å². The summed E-state index contributed by atoms with van der Waals surface area (Å²) in [7, 11) is -3.49. The lowest BCUT2D eigenvalue weighted by molar-refractivity contribution is -0.122. The van der Waals surface area contributed by atoms with E-state index in [1.54, 1.807) is 0 Å². The van der Waals surface area contributed by atoms with E-state index >= 15 is 0 Å². The first-order chi connectivity index (χ1) is 13.5. The summed E-state index contributed by atoms with van der Waals surface area (Å²) < 4.78 is 30.5. The van der Waals surface area contributed by atoms with Gasteiger partial charge in [-0.25, -0.2) is 8.42 Å². The average Bonchev–Trinajstić information content (AvgIpc) is 3.10. The van der Waals surface area contributed by atoms with Gasteiger partial charge in [0.05, 0.1) is 17.2 Å². The van der Waals surface area contributed by atoms with Crippen LogP contribution in [-0.4, -0.2) is 49.3 Å². The number of hydrogen-bond donors (Lipinski definition) is 0. The number of ketones is 1. The number of carbonyl (C=O) groups is 1. The summed E-state index contributed by atoms with van der Waals surface area (Å²) in [6, 6.07) is 9.74. The van der Waals surface area contributed by atoms with Crippen LogP contribution in [0.5, 0.6) is 0 Å². The summed E-state index contributed by atoms with van der Waals surface area (Å²) in [5.41, 5.74) is 2.48. The highest BCUT2D eigenvalue weighted by atomic mass is 32.2. The highest BCUT2D eigenvalue weighted by Crippen LogP contribution is 2.43. The normalized spacial score (nSPS) is 22.3. The van der Waals surface area contributed by atoms with E-state index in [0.717, 1.165) is 30.5 Å². The van der Waals surface area contributed by atoms with Gasteiger partial charge in [-0.2, -0.15) is 10.2 Å². The summed E-state index contributed by atoms with van der Waals surface area (Å²) in [6.07, 6.45) is 3.76. The van der Waals surface area contributed by atoms with Crippen LogP contribution in [0.3, 0.4) is 0 Å². The Labute approximate surface area is 166 Å². The van der Waals surface area contributed by atoms with Gasteiger partial charge in [0.2, 0.25) is 0 Å². The number of carbonyl (C=O) groups excluding carboxylic acids is 1. The summed E-state index contributed by atoms with van der Waals surface area (Å²) in [4.78, 5) is 13.1. The van der Waals surface area contributed by atoms with Gasteiger partial charge in [-0.1, -0.05) is 30.3 Å². The lowest BCUT2D eigenvalue weighted by Crippen LogP contribution is -2.54. The lowest BCUT2D eigenvalue weighted by atomic mass is 9.79. The van der Waals surface area contributed by atoms with Crippen molar-refractivity contribution in [2.24, 2.45) is 16.1 Å². The molecule has 2 heterocycles. The van der Waals surface area contributed by atoms with E-state index in [2.05, 4.69) is 10.2 Å². The molecule has 3 aliphatic rings. The molecule has 6 nitrogen and oxygen atoms in total. The molecule has 0 bridgehead atoms. The zero-order valence-electron chi connectivity index (χ0n) is 16.0. The Hall–Kier alpha value is -1.86. The fraction of sp³-hybridized carbons (Fsp3) is 0.571. The molecular weight excluding hydrogens is 376 g/mol. The van der Waals surface area contributed by atoms with Gasteiger partial charge in [0.25, 0.3) is 0 Å². The molecule has 150 valence electrons. The Morgan fingerprint density at radius 2 is 1.82 bits per heavy atom. The van der Waals surface area contributed by atoms with E-state index in [1.165, 1.54) is 0 Å². The molecule has 0 atom stereocenters. The molecule has 2 fully saturated rings. The van der Waals surface area contributed by atoms with Gasteiger partial charge in [-0.15, -0.1) is 0 Å². The van der Waals surface area contributed by atoms with Crippen molar-refractivity contribution >= 4 is 27.0 Å².